The first kappa shape index (κ1) is 18.6. The molecule has 2 aliphatic rings. The van der Waals surface area contributed by atoms with E-state index in [-0.39, 0.29) is 35.5 Å². The fourth-order valence-corrected chi connectivity index (χ4v) is 3.99. The first-order valence-corrected chi connectivity index (χ1v) is 9.39. The summed E-state index contributed by atoms with van der Waals surface area (Å²) < 4.78 is 13.0. The van der Waals surface area contributed by atoms with Crippen LogP contribution < -0.4 is 15.8 Å². The molecule has 2 saturated heterocycles. The molecule has 2 aliphatic heterocycles. The molecule has 2 N–H and O–H groups in total. The zero-order chi connectivity index (χ0) is 19.7. The van der Waals surface area contributed by atoms with Crippen molar-refractivity contribution >= 4 is 17.5 Å². The summed E-state index contributed by atoms with van der Waals surface area (Å²) >= 11 is 0. The molecule has 2 fully saturated rings. The first-order chi connectivity index (χ1) is 13.5. The fraction of sp³-hybridized carbons (Fsp3) is 0.333. The highest BCUT2D eigenvalue weighted by molar-refractivity contribution is 5.98. The number of fused-ring (bicyclic) bond motifs is 1. The standard InChI is InChI=1S/C21H23FN4O2/c1-25-12-17(20(27)23-11-14-7-9-15(22)10-8-14)19-18(13-25)21(28)26(24-19)16-5-3-2-4-6-16/h2-10,17-19,24H,11-13H2,1H3,(H,23,27). The van der Waals surface area contributed by atoms with E-state index in [4.69, 9.17) is 0 Å². The number of hydrazine groups is 1. The summed E-state index contributed by atoms with van der Waals surface area (Å²) in [5, 5.41) is 4.50. The fourth-order valence-electron chi connectivity index (χ4n) is 3.99. The number of benzene rings is 2. The number of nitrogens with zero attached hydrogens (tertiary/aromatic N) is 2. The van der Waals surface area contributed by atoms with Gasteiger partial charge in [0.1, 0.15) is 5.82 Å². The Balaban J connectivity index is 1.48. The van der Waals surface area contributed by atoms with Gasteiger partial charge in [0, 0.05) is 19.6 Å². The molecule has 2 aromatic carbocycles. The lowest BCUT2D eigenvalue weighted by Crippen LogP contribution is -2.56. The van der Waals surface area contributed by atoms with Crippen LogP contribution in [0.5, 0.6) is 0 Å². The minimum absolute atomic E-state index is 0.0147. The van der Waals surface area contributed by atoms with Crippen molar-refractivity contribution in [3.63, 3.8) is 0 Å². The third kappa shape index (κ3) is 3.63. The summed E-state index contributed by atoms with van der Waals surface area (Å²) in [7, 11) is 1.93. The summed E-state index contributed by atoms with van der Waals surface area (Å²) in [5.74, 6) is -1.07. The molecule has 0 aromatic heterocycles. The minimum Gasteiger partial charge on any atom is -0.352 e. The van der Waals surface area contributed by atoms with E-state index < -0.39 is 0 Å². The van der Waals surface area contributed by atoms with Crippen LogP contribution in [0.3, 0.4) is 0 Å². The molecule has 4 rings (SSSR count). The van der Waals surface area contributed by atoms with Gasteiger partial charge in [-0.15, -0.1) is 0 Å². The smallest absolute Gasteiger partial charge is 0.247 e. The third-order valence-electron chi connectivity index (χ3n) is 5.43. The van der Waals surface area contributed by atoms with Gasteiger partial charge in [0.05, 0.1) is 23.6 Å². The Kier molecular flexibility index (Phi) is 5.11. The Labute approximate surface area is 163 Å². The number of nitrogens with one attached hydrogen (secondary N) is 2. The van der Waals surface area contributed by atoms with Gasteiger partial charge in [-0.1, -0.05) is 30.3 Å². The van der Waals surface area contributed by atoms with Gasteiger partial charge in [0.25, 0.3) is 0 Å². The van der Waals surface area contributed by atoms with E-state index in [1.165, 1.54) is 12.1 Å². The molecule has 0 spiro atoms. The molecular formula is C21H23FN4O2. The molecule has 3 unspecified atom stereocenters. The number of piperidine rings is 1. The first-order valence-electron chi connectivity index (χ1n) is 9.39. The topological polar surface area (TPSA) is 64.7 Å². The van der Waals surface area contributed by atoms with E-state index in [9.17, 15) is 14.0 Å². The number of carbonyl (C=O) groups excluding carboxylic acids is 2. The lowest BCUT2D eigenvalue weighted by atomic mass is 9.84. The second-order valence-corrected chi connectivity index (χ2v) is 7.44. The molecule has 2 heterocycles. The van der Waals surface area contributed by atoms with Crippen molar-refractivity contribution in [1.82, 2.24) is 15.6 Å². The zero-order valence-corrected chi connectivity index (χ0v) is 15.6. The maximum atomic E-state index is 13.0. The molecule has 0 saturated carbocycles. The molecular weight excluding hydrogens is 359 g/mol. The third-order valence-corrected chi connectivity index (χ3v) is 5.43. The summed E-state index contributed by atoms with van der Waals surface area (Å²) in [6, 6.07) is 15.2. The van der Waals surface area contributed by atoms with Crippen molar-refractivity contribution in [2.75, 3.05) is 25.1 Å². The van der Waals surface area contributed by atoms with E-state index in [0.29, 0.717) is 19.6 Å². The van der Waals surface area contributed by atoms with Gasteiger partial charge in [0.15, 0.2) is 0 Å². The second-order valence-electron chi connectivity index (χ2n) is 7.44. The van der Waals surface area contributed by atoms with Crippen molar-refractivity contribution in [1.29, 1.82) is 0 Å². The van der Waals surface area contributed by atoms with Crippen molar-refractivity contribution in [3.8, 4) is 0 Å². The van der Waals surface area contributed by atoms with Crippen molar-refractivity contribution in [3.05, 3.63) is 66.0 Å². The lowest BCUT2D eigenvalue weighted by molar-refractivity contribution is -0.129. The number of halogens is 1. The lowest BCUT2D eigenvalue weighted by Gasteiger charge is -2.36. The van der Waals surface area contributed by atoms with Gasteiger partial charge in [-0.3, -0.25) is 9.59 Å². The second kappa shape index (κ2) is 7.69. The van der Waals surface area contributed by atoms with Gasteiger partial charge in [0.2, 0.25) is 11.8 Å². The van der Waals surface area contributed by atoms with Crippen LogP contribution in [-0.2, 0) is 16.1 Å². The van der Waals surface area contributed by atoms with Gasteiger partial charge in [-0.05, 0) is 36.9 Å². The number of likely N-dealkylation sites (tertiary alicyclic amines) is 1. The monoisotopic (exact) mass is 382 g/mol. The highest BCUT2D eigenvalue weighted by Gasteiger charge is 2.50. The van der Waals surface area contributed by atoms with Gasteiger partial charge >= 0.3 is 0 Å². The molecule has 0 bridgehead atoms. The quantitative estimate of drug-likeness (QED) is 0.842. The summed E-state index contributed by atoms with van der Waals surface area (Å²) in [5.41, 5.74) is 4.87. The zero-order valence-electron chi connectivity index (χ0n) is 15.6. The van der Waals surface area contributed by atoms with Crippen LogP contribution >= 0.6 is 0 Å². The van der Waals surface area contributed by atoms with E-state index in [2.05, 4.69) is 10.7 Å². The molecule has 0 radical (unpaired) electrons. The van der Waals surface area contributed by atoms with Crippen LogP contribution in [0.2, 0.25) is 0 Å². The molecule has 3 atom stereocenters. The SMILES string of the molecule is CN1CC(C(=O)NCc2ccc(F)cc2)C2NN(c3ccccc3)C(=O)C2C1. The Hall–Kier alpha value is -2.77. The Bertz CT molecular complexity index is 858. The van der Waals surface area contributed by atoms with Crippen LogP contribution in [0.25, 0.3) is 0 Å². The summed E-state index contributed by atoms with van der Waals surface area (Å²) in [4.78, 5) is 27.9. The average Bonchev–Trinajstić information content (AvgIpc) is 3.04. The van der Waals surface area contributed by atoms with Crippen LogP contribution in [0, 0.1) is 17.7 Å². The highest BCUT2D eigenvalue weighted by Crippen LogP contribution is 2.31. The van der Waals surface area contributed by atoms with Crippen LogP contribution in [-0.4, -0.2) is 42.9 Å². The van der Waals surface area contributed by atoms with E-state index in [0.717, 1.165) is 11.3 Å². The summed E-state index contributed by atoms with van der Waals surface area (Å²) in [6.07, 6.45) is 0. The van der Waals surface area contributed by atoms with E-state index in [1.54, 1.807) is 17.1 Å². The molecule has 0 aliphatic carbocycles. The molecule has 2 aromatic rings. The number of anilines is 1. The number of amides is 2. The van der Waals surface area contributed by atoms with Crippen LogP contribution in [0.4, 0.5) is 10.1 Å². The Morgan fingerprint density at radius 1 is 1.14 bits per heavy atom. The molecule has 28 heavy (non-hydrogen) atoms. The van der Waals surface area contributed by atoms with Gasteiger partial charge < -0.3 is 10.2 Å². The number of hydrogen-bond acceptors (Lipinski definition) is 4. The predicted octanol–water partition coefficient (Wildman–Crippen LogP) is 1.54. The minimum atomic E-state index is -0.359. The van der Waals surface area contributed by atoms with Gasteiger partial charge in [-0.2, -0.15) is 0 Å². The van der Waals surface area contributed by atoms with Crippen LogP contribution in [0.1, 0.15) is 5.56 Å². The van der Waals surface area contributed by atoms with E-state index in [1.807, 2.05) is 42.3 Å². The number of rotatable bonds is 4. The largest absolute Gasteiger partial charge is 0.352 e. The number of hydrogen-bond donors (Lipinski definition) is 2. The number of carbonyl (C=O) groups is 2. The maximum Gasteiger partial charge on any atom is 0.247 e. The van der Waals surface area contributed by atoms with Gasteiger partial charge in [-0.25, -0.2) is 14.8 Å². The Morgan fingerprint density at radius 2 is 1.86 bits per heavy atom. The number of para-hydroxylation sites is 1. The van der Waals surface area contributed by atoms with E-state index >= 15 is 0 Å². The molecule has 6 nitrogen and oxygen atoms in total. The van der Waals surface area contributed by atoms with Crippen LogP contribution in [0.15, 0.2) is 54.6 Å². The Morgan fingerprint density at radius 3 is 2.57 bits per heavy atom. The normalized spacial score (nSPS) is 24.9. The molecule has 2 amide bonds. The highest BCUT2D eigenvalue weighted by atomic mass is 19.1. The van der Waals surface area contributed by atoms with Crippen molar-refractivity contribution < 1.29 is 14.0 Å². The maximum absolute atomic E-state index is 13.0. The van der Waals surface area contributed by atoms with Crippen molar-refractivity contribution in [2.24, 2.45) is 11.8 Å². The molecule has 146 valence electrons. The molecule has 7 heteroatoms. The predicted molar refractivity (Wildman–Crippen MR) is 104 cm³/mol. The summed E-state index contributed by atoms with van der Waals surface area (Å²) in [6.45, 7) is 1.51. The van der Waals surface area contributed by atoms with Crippen molar-refractivity contribution in [2.45, 2.75) is 12.6 Å². The average molecular weight is 382 g/mol.